The van der Waals surface area contributed by atoms with E-state index >= 15 is 0 Å². The van der Waals surface area contributed by atoms with Crippen LogP contribution in [0, 0.1) is 6.92 Å². The number of carbonyl (C=O) groups excluding carboxylic acids is 2. The second-order valence-electron chi connectivity index (χ2n) is 7.66. The molecule has 1 aliphatic heterocycles. The SMILES string of the molecule is Cc1ccc(CNC(=O)COC(=O)c2ccc([C@@H]3Nc4ccccc4S(=O)(=O)N3)cc2)cc1. The highest BCUT2D eigenvalue weighted by Crippen LogP contribution is 2.30. The number of anilines is 1. The molecule has 1 atom stereocenters. The van der Waals surface area contributed by atoms with E-state index in [1.165, 1.54) is 18.2 Å². The van der Waals surface area contributed by atoms with Gasteiger partial charge in [-0.15, -0.1) is 0 Å². The minimum Gasteiger partial charge on any atom is -0.452 e. The van der Waals surface area contributed by atoms with Crippen LogP contribution >= 0.6 is 0 Å². The first-order valence-corrected chi connectivity index (χ1v) is 11.8. The van der Waals surface area contributed by atoms with Gasteiger partial charge in [-0.25, -0.2) is 13.2 Å². The number of aryl methyl sites for hydroxylation is 1. The topological polar surface area (TPSA) is 114 Å². The lowest BCUT2D eigenvalue weighted by atomic mass is 10.1. The highest BCUT2D eigenvalue weighted by atomic mass is 32.2. The molecule has 0 bridgehead atoms. The van der Waals surface area contributed by atoms with Gasteiger partial charge >= 0.3 is 5.97 Å². The molecule has 0 unspecified atom stereocenters. The van der Waals surface area contributed by atoms with Crippen LogP contribution in [0.25, 0.3) is 0 Å². The van der Waals surface area contributed by atoms with Gasteiger partial charge in [-0.05, 0) is 42.3 Å². The zero-order valence-electron chi connectivity index (χ0n) is 17.9. The average molecular weight is 466 g/mol. The van der Waals surface area contributed by atoms with Gasteiger partial charge in [-0.1, -0.05) is 54.1 Å². The Morgan fingerprint density at radius 3 is 2.39 bits per heavy atom. The fourth-order valence-corrected chi connectivity index (χ4v) is 4.67. The first-order chi connectivity index (χ1) is 15.8. The standard InChI is InChI=1S/C24H23N3O5S/c1-16-6-8-17(9-7-16)14-25-22(28)15-32-24(29)19-12-10-18(11-13-19)23-26-20-4-2-3-5-21(20)33(30,31)27-23/h2-13,23,26-27H,14-15H2,1H3,(H,25,28)/t23-/m1/s1. The van der Waals surface area contributed by atoms with Crippen molar-refractivity contribution in [2.75, 3.05) is 11.9 Å². The third-order valence-corrected chi connectivity index (χ3v) is 6.65. The number of hydrogen-bond donors (Lipinski definition) is 3. The Morgan fingerprint density at radius 1 is 0.970 bits per heavy atom. The average Bonchev–Trinajstić information content (AvgIpc) is 2.82. The second kappa shape index (κ2) is 9.43. The van der Waals surface area contributed by atoms with Gasteiger partial charge in [0.05, 0.1) is 11.3 Å². The Labute approximate surface area is 192 Å². The highest BCUT2D eigenvalue weighted by Gasteiger charge is 2.29. The zero-order chi connectivity index (χ0) is 23.4. The number of sulfonamides is 1. The molecule has 1 aliphatic rings. The summed E-state index contributed by atoms with van der Waals surface area (Å²) in [6, 6.07) is 20.7. The first kappa shape index (κ1) is 22.5. The maximum Gasteiger partial charge on any atom is 0.338 e. The van der Waals surface area contributed by atoms with E-state index in [-0.39, 0.29) is 10.5 Å². The third kappa shape index (κ3) is 5.39. The van der Waals surface area contributed by atoms with Crippen molar-refractivity contribution >= 4 is 27.6 Å². The molecule has 0 radical (unpaired) electrons. The van der Waals surface area contributed by atoms with Gasteiger partial charge < -0.3 is 15.4 Å². The molecule has 3 aromatic rings. The molecule has 1 heterocycles. The van der Waals surface area contributed by atoms with Gasteiger partial charge in [0.2, 0.25) is 10.0 Å². The molecular weight excluding hydrogens is 442 g/mol. The molecule has 170 valence electrons. The van der Waals surface area contributed by atoms with Crippen LogP contribution in [0.5, 0.6) is 0 Å². The molecule has 0 spiro atoms. The Bertz CT molecular complexity index is 1270. The lowest BCUT2D eigenvalue weighted by Crippen LogP contribution is -2.38. The number of hydrogen-bond acceptors (Lipinski definition) is 6. The fraction of sp³-hybridized carbons (Fsp3) is 0.167. The molecule has 0 saturated heterocycles. The van der Waals surface area contributed by atoms with Crippen molar-refractivity contribution in [2.24, 2.45) is 0 Å². The summed E-state index contributed by atoms with van der Waals surface area (Å²) in [5.41, 5.74) is 3.46. The van der Waals surface area contributed by atoms with Crippen molar-refractivity contribution < 1.29 is 22.7 Å². The van der Waals surface area contributed by atoms with Gasteiger partial charge in [0.15, 0.2) is 6.61 Å². The quantitative estimate of drug-likeness (QED) is 0.483. The Kier molecular flexibility index (Phi) is 6.43. The molecule has 33 heavy (non-hydrogen) atoms. The monoisotopic (exact) mass is 465 g/mol. The van der Waals surface area contributed by atoms with Crippen LogP contribution < -0.4 is 15.4 Å². The number of esters is 1. The molecular formula is C24H23N3O5S. The number of benzene rings is 3. The Balaban J connectivity index is 1.32. The highest BCUT2D eigenvalue weighted by molar-refractivity contribution is 7.89. The summed E-state index contributed by atoms with van der Waals surface area (Å²) >= 11 is 0. The van der Waals surface area contributed by atoms with Gasteiger partial charge in [0.25, 0.3) is 5.91 Å². The molecule has 0 aromatic heterocycles. The van der Waals surface area contributed by atoms with Crippen LogP contribution in [0.2, 0.25) is 0 Å². The van der Waals surface area contributed by atoms with Crippen molar-refractivity contribution in [3.63, 3.8) is 0 Å². The van der Waals surface area contributed by atoms with Crippen molar-refractivity contribution in [3.8, 4) is 0 Å². The summed E-state index contributed by atoms with van der Waals surface area (Å²) in [6.45, 7) is 1.93. The summed E-state index contributed by atoms with van der Waals surface area (Å²) in [6.07, 6.45) is -0.678. The molecule has 4 rings (SSSR count). The van der Waals surface area contributed by atoms with E-state index < -0.39 is 34.7 Å². The number of para-hydroxylation sites is 1. The second-order valence-corrected chi connectivity index (χ2v) is 9.34. The Morgan fingerprint density at radius 2 is 1.67 bits per heavy atom. The predicted octanol–water partition coefficient (Wildman–Crippen LogP) is 2.87. The minimum atomic E-state index is -3.66. The largest absolute Gasteiger partial charge is 0.452 e. The van der Waals surface area contributed by atoms with Crippen LogP contribution in [0.4, 0.5) is 5.69 Å². The molecule has 8 nitrogen and oxygen atoms in total. The van der Waals surface area contributed by atoms with Crippen LogP contribution in [-0.4, -0.2) is 26.9 Å². The van der Waals surface area contributed by atoms with Crippen molar-refractivity contribution in [3.05, 3.63) is 95.1 Å². The van der Waals surface area contributed by atoms with Crippen molar-refractivity contribution in [2.45, 2.75) is 24.5 Å². The summed E-state index contributed by atoms with van der Waals surface area (Å²) in [5, 5.41) is 5.83. The van der Waals surface area contributed by atoms with E-state index in [2.05, 4.69) is 15.4 Å². The molecule has 3 N–H and O–H groups in total. The third-order valence-electron chi connectivity index (χ3n) is 5.17. The van der Waals surface area contributed by atoms with E-state index in [1.54, 1.807) is 30.3 Å². The zero-order valence-corrected chi connectivity index (χ0v) is 18.7. The minimum absolute atomic E-state index is 0.183. The Hall–Kier alpha value is -3.69. The summed E-state index contributed by atoms with van der Waals surface area (Å²) in [4.78, 5) is 24.4. The number of rotatable bonds is 6. The fourth-order valence-electron chi connectivity index (χ4n) is 3.36. The number of ether oxygens (including phenoxy) is 1. The van der Waals surface area contributed by atoms with E-state index in [0.717, 1.165) is 11.1 Å². The van der Waals surface area contributed by atoms with Gasteiger partial charge in [-0.3, -0.25) is 4.79 Å². The number of fused-ring (bicyclic) bond motifs is 1. The molecule has 0 fully saturated rings. The maximum atomic E-state index is 12.5. The van der Waals surface area contributed by atoms with E-state index in [1.807, 2.05) is 31.2 Å². The predicted molar refractivity (Wildman–Crippen MR) is 123 cm³/mol. The van der Waals surface area contributed by atoms with Gasteiger partial charge in [0, 0.05) is 6.54 Å². The number of carbonyl (C=O) groups is 2. The van der Waals surface area contributed by atoms with Crippen molar-refractivity contribution in [1.82, 2.24) is 10.0 Å². The van der Waals surface area contributed by atoms with Crippen LogP contribution in [0.3, 0.4) is 0 Å². The van der Waals surface area contributed by atoms with E-state index in [4.69, 9.17) is 4.74 Å². The molecule has 0 saturated carbocycles. The summed E-state index contributed by atoms with van der Waals surface area (Å²) in [7, 11) is -3.66. The van der Waals surface area contributed by atoms with Gasteiger partial charge in [-0.2, -0.15) is 4.72 Å². The summed E-state index contributed by atoms with van der Waals surface area (Å²) < 4.78 is 32.6. The van der Waals surface area contributed by atoms with E-state index in [9.17, 15) is 18.0 Å². The van der Waals surface area contributed by atoms with Crippen LogP contribution in [-0.2, 0) is 26.1 Å². The molecule has 1 amide bonds. The number of amides is 1. The summed E-state index contributed by atoms with van der Waals surface area (Å²) in [5.74, 6) is -1.05. The lowest BCUT2D eigenvalue weighted by Gasteiger charge is -2.28. The maximum absolute atomic E-state index is 12.5. The number of nitrogens with one attached hydrogen (secondary N) is 3. The van der Waals surface area contributed by atoms with Crippen LogP contribution in [0.15, 0.2) is 77.7 Å². The molecule has 9 heteroatoms. The first-order valence-electron chi connectivity index (χ1n) is 10.3. The van der Waals surface area contributed by atoms with E-state index in [0.29, 0.717) is 17.8 Å². The smallest absolute Gasteiger partial charge is 0.338 e. The normalized spacial score (nSPS) is 16.2. The van der Waals surface area contributed by atoms with Gasteiger partial charge in [0.1, 0.15) is 11.1 Å². The van der Waals surface area contributed by atoms with Crippen LogP contribution in [0.1, 0.15) is 33.2 Å². The van der Waals surface area contributed by atoms with Crippen molar-refractivity contribution in [1.29, 1.82) is 0 Å². The molecule has 3 aromatic carbocycles. The molecule has 0 aliphatic carbocycles. The lowest BCUT2D eigenvalue weighted by molar-refractivity contribution is -0.124.